The van der Waals surface area contributed by atoms with Crippen LogP contribution in [0.25, 0.3) is 11.0 Å². The van der Waals surface area contributed by atoms with Gasteiger partial charge in [0.25, 0.3) is 5.91 Å². The molecule has 0 saturated heterocycles. The molecule has 0 aliphatic carbocycles. The van der Waals surface area contributed by atoms with E-state index in [1.807, 2.05) is 0 Å². The highest BCUT2D eigenvalue weighted by Gasteiger charge is 2.07. The normalized spacial score (nSPS) is 10.5. The zero-order valence-electron chi connectivity index (χ0n) is 7.93. The van der Waals surface area contributed by atoms with Gasteiger partial charge in [-0.1, -0.05) is 0 Å². The lowest BCUT2D eigenvalue weighted by atomic mass is 10.2. The zero-order valence-corrected chi connectivity index (χ0v) is 7.93. The van der Waals surface area contributed by atoms with Crippen LogP contribution in [0.15, 0.2) is 22.8 Å². The Labute approximate surface area is 85.4 Å². The van der Waals surface area contributed by atoms with Crippen molar-refractivity contribution >= 4 is 16.9 Å². The Hall–Kier alpha value is -1.95. The number of rotatable bonds is 3. The fourth-order valence-electron chi connectivity index (χ4n) is 1.21. The van der Waals surface area contributed by atoms with E-state index in [1.165, 1.54) is 0 Å². The minimum atomic E-state index is -0.176. The van der Waals surface area contributed by atoms with Crippen LogP contribution in [0, 0.1) is 0 Å². The van der Waals surface area contributed by atoms with E-state index in [1.54, 1.807) is 18.2 Å². The van der Waals surface area contributed by atoms with Gasteiger partial charge >= 0.3 is 0 Å². The first kappa shape index (κ1) is 9.60. The van der Waals surface area contributed by atoms with Crippen molar-refractivity contribution in [1.29, 1.82) is 0 Å². The van der Waals surface area contributed by atoms with Crippen molar-refractivity contribution in [2.24, 2.45) is 5.73 Å². The van der Waals surface area contributed by atoms with E-state index < -0.39 is 0 Å². The second-order valence-corrected chi connectivity index (χ2v) is 3.01. The minimum absolute atomic E-state index is 0.176. The minimum Gasteiger partial charge on any atom is -0.351 e. The summed E-state index contributed by atoms with van der Waals surface area (Å²) in [4.78, 5) is 11.5. The van der Waals surface area contributed by atoms with Crippen molar-refractivity contribution in [1.82, 2.24) is 15.6 Å². The molecule has 1 aromatic heterocycles. The van der Waals surface area contributed by atoms with Crippen molar-refractivity contribution < 1.29 is 9.42 Å². The van der Waals surface area contributed by atoms with Crippen LogP contribution in [0.4, 0.5) is 0 Å². The molecule has 0 bridgehead atoms. The van der Waals surface area contributed by atoms with Crippen molar-refractivity contribution in [3.8, 4) is 0 Å². The summed E-state index contributed by atoms with van der Waals surface area (Å²) in [5.74, 6) is -0.176. The predicted octanol–water partition coefficient (Wildman–Crippen LogP) is -0.0887. The van der Waals surface area contributed by atoms with Gasteiger partial charge < -0.3 is 11.1 Å². The Morgan fingerprint density at radius 1 is 1.40 bits per heavy atom. The monoisotopic (exact) mass is 206 g/mol. The molecule has 0 spiro atoms. The topological polar surface area (TPSA) is 94.0 Å². The number of amides is 1. The predicted molar refractivity (Wildman–Crippen MR) is 53.2 cm³/mol. The van der Waals surface area contributed by atoms with Gasteiger partial charge in [-0.05, 0) is 28.5 Å². The van der Waals surface area contributed by atoms with Gasteiger partial charge in [-0.25, -0.2) is 4.63 Å². The maximum Gasteiger partial charge on any atom is 0.251 e. The Morgan fingerprint density at radius 2 is 2.20 bits per heavy atom. The van der Waals surface area contributed by atoms with Gasteiger partial charge in [0.05, 0.1) is 0 Å². The number of carbonyl (C=O) groups is 1. The zero-order chi connectivity index (χ0) is 10.7. The van der Waals surface area contributed by atoms with Gasteiger partial charge in [0.2, 0.25) is 0 Å². The maximum absolute atomic E-state index is 11.5. The Kier molecular flexibility index (Phi) is 2.59. The van der Waals surface area contributed by atoms with E-state index in [0.29, 0.717) is 29.7 Å². The molecule has 2 rings (SSSR count). The molecule has 0 radical (unpaired) electrons. The fourth-order valence-corrected chi connectivity index (χ4v) is 1.21. The smallest absolute Gasteiger partial charge is 0.251 e. The molecular weight excluding hydrogens is 196 g/mol. The Morgan fingerprint density at radius 3 is 3.00 bits per heavy atom. The number of fused-ring (bicyclic) bond motifs is 1. The van der Waals surface area contributed by atoms with Gasteiger partial charge in [0.15, 0.2) is 0 Å². The summed E-state index contributed by atoms with van der Waals surface area (Å²) in [6.45, 7) is 0.868. The van der Waals surface area contributed by atoms with Gasteiger partial charge in [-0.2, -0.15) is 0 Å². The van der Waals surface area contributed by atoms with Crippen molar-refractivity contribution in [3.05, 3.63) is 23.8 Å². The lowest BCUT2D eigenvalue weighted by Crippen LogP contribution is -2.28. The second-order valence-electron chi connectivity index (χ2n) is 3.01. The number of hydrogen-bond acceptors (Lipinski definition) is 5. The highest BCUT2D eigenvalue weighted by Crippen LogP contribution is 2.11. The third-order valence-electron chi connectivity index (χ3n) is 1.95. The van der Waals surface area contributed by atoms with E-state index in [2.05, 4.69) is 20.3 Å². The molecule has 6 heteroatoms. The van der Waals surface area contributed by atoms with E-state index in [0.717, 1.165) is 0 Å². The summed E-state index contributed by atoms with van der Waals surface area (Å²) < 4.78 is 4.53. The number of hydrogen-bond donors (Lipinski definition) is 2. The molecular formula is C9H10N4O2. The average molecular weight is 206 g/mol. The summed E-state index contributed by atoms with van der Waals surface area (Å²) in [5.41, 5.74) is 6.99. The molecule has 0 saturated carbocycles. The van der Waals surface area contributed by atoms with Crippen molar-refractivity contribution in [2.45, 2.75) is 0 Å². The van der Waals surface area contributed by atoms with Crippen LogP contribution in [-0.4, -0.2) is 29.3 Å². The molecule has 15 heavy (non-hydrogen) atoms. The first-order valence-electron chi connectivity index (χ1n) is 4.52. The molecule has 78 valence electrons. The first-order chi connectivity index (χ1) is 7.31. The second kappa shape index (κ2) is 4.05. The molecule has 0 unspecified atom stereocenters. The van der Waals surface area contributed by atoms with Crippen LogP contribution >= 0.6 is 0 Å². The van der Waals surface area contributed by atoms with E-state index in [-0.39, 0.29) is 5.91 Å². The molecule has 6 nitrogen and oxygen atoms in total. The van der Waals surface area contributed by atoms with Crippen LogP contribution in [0.1, 0.15) is 10.4 Å². The van der Waals surface area contributed by atoms with Gasteiger partial charge in [-0.15, -0.1) is 0 Å². The molecule has 0 atom stereocenters. The lowest BCUT2D eigenvalue weighted by Gasteiger charge is -2.02. The largest absolute Gasteiger partial charge is 0.351 e. The fraction of sp³-hybridized carbons (Fsp3) is 0.222. The Bertz CT molecular complexity index is 480. The van der Waals surface area contributed by atoms with Crippen LogP contribution in [0.5, 0.6) is 0 Å². The van der Waals surface area contributed by atoms with Crippen molar-refractivity contribution in [2.75, 3.05) is 13.1 Å². The summed E-state index contributed by atoms with van der Waals surface area (Å²) in [6.07, 6.45) is 0. The third kappa shape index (κ3) is 1.94. The number of nitrogens with zero attached hydrogens (tertiary/aromatic N) is 2. The molecule has 1 amide bonds. The molecule has 0 aliphatic rings. The molecule has 0 aliphatic heterocycles. The molecule has 1 aromatic carbocycles. The van der Waals surface area contributed by atoms with Crippen LogP contribution in [0.3, 0.4) is 0 Å². The summed E-state index contributed by atoms with van der Waals surface area (Å²) >= 11 is 0. The van der Waals surface area contributed by atoms with Gasteiger partial charge in [-0.3, -0.25) is 4.79 Å². The van der Waals surface area contributed by atoms with Crippen molar-refractivity contribution in [3.63, 3.8) is 0 Å². The summed E-state index contributed by atoms with van der Waals surface area (Å²) in [5, 5.41) is 9.96. The number of carbonyl (C=O) groups excluding carboxylic acids is 1. The van der Waals surface area contributed by atoms with Crippen LogP contribution < -0.4 is 11.1 Å². The molecule has 3 N–H and O–H groups in total. The number of aromatic nitrogens is 2. The quantitative estimate of drug-likeness (QED) is 0.732. The van der Waals surface area contributed by atoms with E-state index in [4.69, 9.17) is 5.73 Å². The molecule has 2 aromatic rings. The standard InChI is InChI=1S/C9H10N4O2/c10-3-4-11-9(14)6-1-2-7-8(5-6)13-15-12-7/h1-2,5H,3-4,10H2,(H,11,14). The summed E-state index contributed by atoms with van der Waals surface area (Å²) in [6, 6.07) is 4.97. The van der Waals surface area contributed by atoms with E-state index in [9.17, 15) is 4.79 Å². The number of benzene rings is 1. The third-order valence-corrected chi connectivity index (χ3v) is 1.95. The Balaban J connectivity index is 2.23. The highest BCUT2D eigenvalue weighted by molar-refractivity contribution is 5.97. The van der Waals surface area contributed by atoms with Crippen LogP contribution in [0.2, 0.25) is 0 Å². The van der Waals surface area contributed by atoms with Gasteiger partial charge in [0, 0.05) is 18.7 Å². The lowest BCUT2D eigenvalue weighted by molar-refractivity contribution is 0.0955. The molecule has 1 heterocycles. The van der Waals surface area contributed by atoms with Crippen LogP contribution in [-0.2, 0) is 0 Å². The number of nitrogens with two attached hydrogens (primary N) is 1. The summed E-state index contributed by atoms with van der Waals surface area (Å²) in [7, 11) is 0. The maximum atomic E-state index is 11.5. The molecule has 0 fully saturated rings. The highest BCUT2D eigenvalue weighted by atomic mass is 16.6. The van der Waals surface area contributed by atoms with Gasteiger partial charge in [0.1, 0.15) is 11.0 Å². The average Bonchev–Trinajstić information content (AvgIpc) is 2.72. The SMILES string of the molecule is NCCNC(=O)c1ccc2nonc2c1. The van der Waals surface area contributed by atoms with E-state index >= 15 is 0 Å². The first-order valence-corrected chi connectivity index (χ1v) is 4.52. The number of nitrogens with one attached hydrogen (secondary N) is 1.